The lowest BCUT2D eigenvalue weighted by molar-refractivity contribution is 0.0957. The van der Waals surface area contributed by atoms with Gasteiger partial charge in [0.15, 0.2) is 5.96 Å². The maximum Gasteiger partial charge on any atom is 0.263 e. The maximum atomic E-state index is 11.8. The molecule has 0 atom stereocenters. The van der Waals surface area contributed by atoms with Gasteiger partial charge >= 0.3 is 0 Å². The van der Waals surface area contributed by atoms with Gasteiger partial charge in [0.2, 0.25) is 0 Å². The summed E-state index contributed by atoms with van der Waals surface area (Å²) in [5.74, 6) is 0.734. The van der Waals surface area contributed by atoms with E-state index in [9.17, 15) is 4.79 Å². The number of thiazole rings is 1. The van der Waals surface area contributed by atoms with Crippen LogP contribution in [0.25, 0.3) is 0 Å². The highest BCUT2D eigenvalue weighted by Gasteiger charge is 2.21. The van der Waals surface area contributed by atoms with Crippen LogP contribution in [0.5, 0.6) is 0 Å². The first kappa shape index (κ1) is 17.2. The van der Waals surface area contributed by atoms with Gasteiger partial charge in [0.05, 0.1) is 11.2 Å². The molecule has 1 heterocycles. The molecular formula is C12H20IN5OS. The molecular weight excluding hydrogens is 389 g/mol. The summed E-state index contributed by atoms with van der Waals surface area (Å²) in [5, 5.41) is 9.31. The molecule has 1 amide bonds. The lowest BCUT2D eigenvalue weighted by atomic mass is 10.4. The number of aryl methyl sites for hydroxylation is 1. The lowest BCUT2D eigenvalue weighted by Gasteiger charge is -2.11. The summed E-state index contributed by atoms with van der Waals surface area (Å²) in [6.45, 7) is 3.04. The van der Waals surface area contributed by atoms with Crippen molar-refractivity contribution in [3.63, 3.8) is 0 Å². The predicted molar refractivity (Wildman–Crippen MR) is 92.1 cm³/mol. The Morgan fingerprint density at radius 3 is 2.70 bits per heavy atom. The summed E-state index contributed by atoms with van der Waals surface area (Å²) >= 11 is 1.36. The number of hydrogen-bond donors (Lipinski definition) is 3. The lowest BCUT2D eigenvalue weighted by Crippen LogP contribution is -2.42. The third-order valence-electron chi connectivity index (χ3n) is 2.80. The summed E-state index contributed by atoms with van der Waals surface area (Å²) < 4.78 is 0. The number of aliphatic imine (C=N–C) groups is 1. The quantitative estimate of drug-likeness (QED) is 0.295. The number of guanidine groups is 1. The molecule has 3 N–H and O–H groups in total. The van der Waals surface area contributed by atoms with Crippen molar-refractivity contribution >= 4 is 47.2 Å². The fourth-order valence-corrected chi connectivity index (χ4v) is 2.29. The molecule has 1 aromatic heterocycles. The molecule has 1 aliphatic rings. The molecule has 0 saturated heterocycles. The van der Waals surface area contributed by atoms with E-state index in [1.54, 1.807) is 12.6 Å². The number of aromatic nitrogens is 1. The largest absolute Gasteiger partial charge is 0.355 e. The molecule has 0 aliphatic heterocycles. The third kappa shape index (κ3) is 5.23. The van der Waals surface area contributed by atoms with Crippen molar-refractivity contribution in [2.45, 2.75) is 25.8 Å². The summed E-state index contributed by atoms with van der Waals surface area (Å²) in [4.78, 5) is 20.7. The predicted octanol–water partition coefficient (Wildman–Crippen LogP) is 1.13. The van der Waals surface area contributed by atoms with Crippen LogP contribution in [0.4, 0.5) is 0 Å². The summed E-state index contributed by atoms with van der Waals surface area (Å²) in [6, 6.07) is 0.570. The van der Waals surface area contributed by atoms with E-state index < -0.39 is 0 Å². The second-order valence-electron chi connectivity index (χ2n) is 4.44. The molecule has 0 radical (unpaired) electrons. The van der Waals surface area contributed by atoms with Crippen molar-refractivity contribution in [1.29, 1.82) is 0 Å². The van der Waals surface area contributed by atoms with Crippen LogP contribution in [0.3, 0.4) is 0 Å². The Labute approximate surface area is 139 Å². The number of halogens is 1. The zero-order chi connectivity index (χ0) is 13.7. The number of carbonyl (C=O) groups excluding carboxylic acids is 1. The molecule has 0 bridgehead atoms. The SMILES string of the molecule is CN=C(NCCNC(=O)c1scnc1C)NC1CC1.I. The van der Waals surface area contributed by atoms with E-state index in [2.05, 4.69) is 25.9 Å². The number of rotatable bonds is 5. The number of nitrogens with one attached hydrogen (secondary N) is 3. The number of amides is 1. The molecule has 0 aromatic carbocycles. The molecule has 8 heteroatoms. The van der Waals surface area contributed by atoms with Crippen LogP contribution in [0, 0.1) is 6.92 Å². The highest BCUT2D eigenvalue weighted by atomic mass is 127. The van der Waals surface area contributed by atoms with Crippen molar-refractivity contribution in [3.05, 3.63) is 16.1 Å². The van der Waals surface area contributed by atoms with Gasteiger partial charge in [-0.05, 0) is 19.8 Å². The topological polar surface area (TPSA) is 78.4 Å². The first-order valence-corrected chi connectivity index (χ1v) is 7.24. The van der Waals surface area contributed by atoms with E-state index in [0.29, 0.717) is 24.0 Å². The number of nitrogens with zero attached hydrogens (tertiary/aromatic N) is 2. The van der Waals surface area contributed by atoms with E-state index in [1.165, 1.54) is 24.2 Å². The fourth-order valence-electron chi connectivity index (χ4n) is 1.57. The van der Waals surface area contributed by atoms with Gasteiger partial charge in [-0.2, -0.15) is 0 Å². The molecule has 2 rings (SSSR count). The van der Waals surface area contributed by atoms with Gasteiger partial charge in [-0.25, -0.2) is 4.98 Å². The van der Waals surface area contributed by atoms with Crippen LogP contribution in [-0.4, -0.2) is 43.0 Å². The minimum Gasteiger partial charge on any atom is -0.355 e. The van der Waals surface area contributed by atoms with Gasteiger partial charge in [0, 0.05) is 26.2 Å². The van der Waals surface area contributed by atoms with Crippen molar-refractivity contribution in [3.8, 4) is 0 Å². The highest BCUT2D eigenvalue weighted by molar-refractivity contribution is 14.0. The second-order valence-corrected chi connectivity index (χ2v) is 5.30. The molecule has 1 fully saturated rings. The molecule has 1 saturated carbocycles. The maximum absolute atomic E-state index is 11.8. The van der Waals surface area contributed by atoms with Gasteiger partial charge in [0.25, 0.3) is 5.91 Å². The van der Waals surface area contributed by atoms with Crippen molar-refractivity contribution < 1.29 is 4.79 Å². The third-order valence-corrected chi connectivity index (χ3v) is 3.72. The standard InChI is InChI=1S/C12H19N5OS.HI/c1-8-10(19-7-16-8)11(18)14-5-6-15-12(13-2)17-9-3-4-9;/h7,9H,3-6H2,1-2H3,(H,14,18)(H2,13,15,17);1H. The average Bonchev–Trinajstić information content (AvgIpc) is 3.12. The summed E-state index contributed by atoms with van der Waals surface area (Å²) in [5.41, 5.74) is 2.46. The van der Waals surface area contributed by atoms with Gasteiger partial charge in [-0.3, -0.25) is 9.79 Å². The van der Waals surface area contributed by atoms with Crippen LogP contribution in [0.15, 0.2) is 10.5 Å². The molecule has 1 aromatic rings. The smallest absolute Gasteiger partial charge is 0.263 e. The van der Waals surface area contributed by atoms with Crippen molar-refractivity contribution in [1.82, 2.24) is 20.9 Å². The van der Waals surface area contributed by atoms with E-state index >= 15 is 0 Å². The molecule has 6 nitrogen and oxygen atoms in total. The molecule has 1 aliphatic carbocycles. The van der Waals surface area contributed by atoms with Crippen LogP contribution in [0.1, 0.15) is 28.2 Å². The van der Waals surface area contributed by atoms with Gasteiger partial charge in [-0.1, -0.05) is 0 Å². The summed E-state index contributed by atoms with van der Waals surface area (Å²) in [7, 11) is 1.75. The Balaban J connectivity index is 0.00000200. The van der Waals surface area contributed by atoms with Crippen LogP contribution >= 0.6 is 35.3 Å². The van der Waals surface area contributed by atoms with E-state index in [1.807, 2.05) is 6.92 Å². The minimum atomic E-state index is -0.0630. The molecule has 20 heavy (non-hydrogen) atoms. The van der Waals surface area contributed by atoms with Crippen molar-refractivity contribution in [2.24, 2.45) is 4.99 Å². The first-order valence-electron chi connectivity index (χ1n) is 6.36. The number of carbonyl (C=O) groups is 1. The molecule has 0 unspecified atom stereocenters. The van der Waals surface area contributed by atoms with E-state index in [4.69, 9.17) is 0 Å². The van der Waals surface area contributed by atoms with Crippen molar-refractivity contribution in [2.75, 3.05) is 20.1 Å². The van der Waals surface area contributed by atoms with E-state index in [0.717, 1.165) is 11.7 Å². The van der Waals surface area contributed by atoms with Gasteiger partial charge in [0.1, 0.15) is 4.88 Å². The second kappa shape index (κ2) is 8.40. The molecule has 112 valence electrons. The van der Waals surface area contributed by atoms with Crippen LogP contribution in [0.2, 0.25) is 0 Å². The monoisotopic (exact) mass is 409 g/mol. The molecule has 0 spiro atoms. The minimum absolute atomic E-state index is 0. The summed E-state index contributed by atoms with van der Waals surface area (Å²) in [6.07, 6.45) is 2.42. The zero-order valence-electron chi connectivity index (χ0n) is 11.6. The Hall–Kier alpha value is -0.900. The van der Waals surface area contributed by atoms with E-state index in [-0.39, 0.29) is 29.9 Å². The Morgan fingerprint density at radius 2 is 2.15 bits per heavy atom. The van der Waals surface area contributed by atoms with Crippen LogP contribution < -0.4 is 16.0 Å². The number of hydrogen-bond acceptors (Lipinski definition) is 4. The first-order chi connectivity index (χ1) is 9.20. The zero-order valence-corrected chi connectivity index (χ0v) is 14.7. The Bertz CT molecular complexity index is 472. The van der Waals surface area contributed by atoms with Gasteiger partial charge in [-0.15, -0.1) is 35.3 Å². The Morgan fingerprint density at radius 1 is 1.45 bits per heavy atom. The Kier molecular flexibility index (Phi) is 7.20. The highest BCUT2D eigenvalue weighted by Crippen LogP contribution is 2.18. The van der Waals surface area contributed by atoms with Crippen LogP contribution in [-0.2, 0) is 0 Å². The average molecular weight is 409 g/mol. The fraction of sp³-hybridized carbons (Fsp3) is 0.583. The van der Waals surface area contributed by atoms with Gasteiger partial charge < -0.3 is 16.0 Å². The normalized spacial score (nSPS) is 14.4.